The zero-order chi connectivity index (χ0) is 43.0. The lowest BCUT2D eigenvalue weighted by Gasteiger charge is -2.40. The maximum absolute atomic E-state index is 15.8. The number of amides is 6. The van der Waals surface area contributed by atoms with E-state index in [0.29, 0.717) is 68.2 Å². The van der Waals surface area contributed by atoms with Gasteiger partial charge in [0.2, 0.25) is 11.9 Å². The summed E-state index contributed by atoms with van der Waals surface area (Å²) in [5, 5.41) is 14.4. The van der Waals surface area contributed by atoms with Crippen molar-refractivity contribution in [2.75, 3.05) is 124 Å². The minimum Gasteiger partial charge on any atom is -0.371 e. The summed E-state index contributed by atoms with van der Waals surface area (Å²) in [5.41, 5.74) is 7.93. The van der Waals surface area contributed by atoms with E-state index in [1.54, 1.807) is 37.4 Å². The second-order valence-corrected chi connectivity index (χ2v) is 20.3. The van der Waals surface area contributed by atoms with Crippen molar-refractivity contribution in [2.24, 2.45) is 11.7 Å². The molecule has 0 bridgehead atoms. The van der Waals surface area contributed by atoms with Gasteiger partial charge < -0.3 is 40.1 Å². The van der Waals surface area contributed by atoms with E-state index in [2.05, 4.69) is 40.5 Å². The van der Waals surface area contributed by atoms with Crippen molar-refractivity contribution >= 4 is 70.8 Å². The molecule has 0 radical (unpaired) electrons. The van der Waals surface area contributed by atoms with Crippen LogP contribution in [0.25, 0.3) is 0 Å². The van der Waals surface area contributed by atoms with Crippen LogP contribution in [-0.2, 0) is 9.36 Å². The van der Waals surface area contributed by atoms with Crippen molar-refractivity contribution in [3.05, 3.63) is 47.9 Å². The van der Waals surface area contributed by atoms with E-state index in [4.69, 9.17) is 5.73 Å². The minimum atomic E-state index is -2.70. The summed E-state index contributed by atoms with van der Waals surface area (Å²) >= 11 is 0. The second-order valence-electron chi connectivity index (χ2n) is 17.1. The molecule has 1 atom stereocenters. The second kappa shape index (κ2) is 17.4. The molecule has 0 spiro atoms. The van der Waals surface area contributed by atoms with E-state index in [1.165, 1.54) is 11.0 Å². The molecule has 6 amide bonds. The van der Waals surface area contributed by atoms with Gasteiger partial charge in [-0.25, -0.2) is 14.0 Å². The third kappa shape index (κ3) is 9.22. The summed E-state index contributed by atoms with van der Waals surface area (Å²) in [6, 6.07) is 10.1. The number of hydrogen-bond acceptors (Lipinski definition) is 13. The molecule has 5 fully saturated rings. The Morgan fingerprint density at radius 3 is 2.30 bits per heavy atom. The number of hydrogen-bond donors (Lipinski definition) is 3. The zero-order valence-corrected chi connectivity index (χ0v) is 35.9. The van der Waals surface area contributed by atoms with E-state index in [-0.39, 0.29) is 42.5 Å². The van der Waals surface area contributed by atoms with Gasteiger partial charge in [-0.1, -0.05) is 0 Å². The first-order valence-electron chi connectivity index (χ1n) is 21.1. The van der Waals surface area contributed by atoms with Crippen molar-refractivity contribution in [1.29, 1.82) is 0 Å². The van der Waals surface area contributed by atoms with Crippen LogP contribution in [0.2, 0.25) is 0 Å². The molecule has 0 saturated carbocycles. The van der Waals surface area contributed by atoms with Gasteiger partial charge >= 0.3 is 12.1 Å². The van der Waals surface area contributed by atoms with Crippen LogP contribution in [0.1, 0.15) is 42.6 Å². The summed E-state index contributed by atoms with van der Waals surface area (Å²) in [5.74, 6) is -0.635. The first kappa shape index (κ1) is 42.2. The van der Waals surface area contributed by atoms with Crippen LogP contribution in [0.5, 0.6) is 0 Å². The number of nitrogens with zero attached hydrogens (tertiary/aromatic N) is 10. The predicted octanol–water partition coefficient (Wildman–Crippen LogP) is 2.92. The first-order valence-corrected chi connectivity index (χ1v) is 23.7. The van der Waals surface area contributed by atoms with E-state index in [0.717, 1.165) is 69.4 Å². The number of rotatable bonds is 11. The first-order chi connectivity index (χ1) is 29.2. The number of nitrogens with two attached hydrogens (primary N) is 1. The van der Waals surface area contributed by atoms with Crippen LogP contribution in [0.3, 0.4) is 0 Å². The van der Waals surface area contributed by atoms with Crippen LogP contribution < -0.4 is 41.3 Å². The van der Waals surface area contributed by atoms with Gasteiger partial charge in [-0.2, -0.15) is 4.98 Å². The summed E-state index contributed by atoms with van der Waals surface area (Å²) in [7, 11) is -0.900. The van der Waals surface area contributed by atoms with Gasteiger partial charge in [0.1, 0.15) is 13.0 Å². The van der Waals surface area contributed by atoms with Gasteiger partial charge in [0.15, 0.2) is 11.5 Å². The normalized spacial score (nSPS) is 21.0. The summed E-state index contributed by atoms with van der Waals surface area (Å²) in [4.78, 5) is 67.7. The van der Waals surface area contributed by atoms with Crippen LogP contribution in [0.4, 0.5) is 48.5 Å². The van der Waals surface area contributed by atoms with Gasteiger partial charge in [-0.15, -0.1) is 10.2 Å². The van der Waals surface area contributed by atoms with Crippen LogP contribution >= 0.6 is 7.14 Å². The monoisotopic (exact) mass is 859 g/mol. The summed E-state index contributed by atoms with van der Waals surface area (Å²) in [6.45, 7) is 11.9. The van der Waals surface area contributed by atoms with Crippen molar-refractivity contribution in [2.45, 2.75) is 38.1 Å². The number of imide groups is 1. The molecule has 20 heteroatoms. The molecular weight excluding hydrogens is 805 g/mol. The lowest BCUT2D eigenvalue weighted by Crippen LogP contribution is -2.50. The smallest absolute Gasteiger partial charge is 0.328 e. The molecule has 0 unspecified atom stereocenters. The van der Waals surface area contributed by atoms with Gasteiger partial charge in [0.05, 0.1) is 11.7 Å². The van der Waals surface area contributed by atoms with Gasteiger partial charge in [0.25, 0.3) is 5.91 Å². The number of urea groups is 2. The van der Waals surface area contributed by atoms with Crippen LogP contribution in [0.15, 0.2) is 36.4 Å². The van der Waals surface area contributed by atoms with E-state index in [1.807, 2.05) is 28.0 Å². The van der Waals surface area contributed by atoms with Gasteiger partial charge in [-0.3, -0.25) is 24.7 Å². The zero-order valence-electron chi connectivity index (χ0n) is 35.1. The number of aromatic nitrogens is 3. The Morgan fingerprint density at radius 1 is 0.885 bits per heavy atom. The fraction of sp³-hybridized carbons (Fsp3) is 0.537. The molecule has 3 aromatic rings. The number of carbonyl (C=O) groups excluding carboxylic acids is 4. The number of anilines is 6. The molecule has 4 N–H and O–H groups in total. The standard InChI is InChI=1S/C41H55FN13O5P/c1-49-17-22-55(41(49)59)30-5-4-13-53(26-30)39-46-38(36(37(43)57)47-48-39)44-28-6-8-32(31(42)23-28)52-20-18-50(19-21-52)25-27-10-14-51(15-11-27)33-9-7-29(24-34(33)61(2,3)60)54-16-12-35(56)45-40(54)58/h6-9,23-24,27,30H,4-5,10-22,25-26H2,1-3H3,(H2,43,57)(H,44,46,48)(H,45,56,58)/t30-/m1/s1. The molecule has 1 aromatic heterocycles. The SMILES string of the molecule is CN1CCN([C@@H]2CCCN(c3nnc(C(N)=O)c(Nc4ccc(N5CCN(CC6CCN(c7ccc(N8CCC(=O)NC8=O)cc7P(C)(C)=O)CC6)CC5)c(F)c4)n3)C2)C1=O. The van der Waals surface area contributed by atoms with Crippen LogP contribution in [0, 0.1) is 11.7 Å². The summed E-state index contributed by atoms with van der Waals surface area (Å²) < 4.78 is 29.3. The van der Waals surface area contributed by atoms with E-state index >= 15 is 4.39 Å². The number of benzene rings is 2. The average Bonchev–Trinajstić information content (AvgIpc) is 3.58. The fourth-order valence-corrected chi connectivity index (χ4v) is 10.4. The largest absolute Gasteiger partial charge is 0.371 e. The Bertz CT molecular complexity index is 2230. The fourth-order valence-electron chi connectivity index (χ4n) is 9.16. The average molecular weight is 860 g/mol. The molecule has 5 saturated heterocycles. The topological polar surface area (TPSA) is 197 Å². The number of halogens is 1. The summed E-state index contributed by atoms with van der Waals surface area (Å²) in [6.07, 6.45) is 3.89. The number of carbonyl (C=O) groups is 4. The van der Waals surface area contributed by atoms with Crippen LogP contribution in [-0.4, -0.2) is 159 Å². The van der Waals surface area contributed by atoms with E-state index < -0.39 is 24.9 Å². The Labute approximate surface area is 354 Å². The number of nitrogens with one attached hydrogen (secondary N) is 2. The third-order valence-electron chi connectivity index (χ3n) is 12.6. The third-order valence-corrected chi connectivity index (χ3v) is 14.1. The molecule has 0 aliphatic carbocycles. The molecule has 5 aliphatic heterocycles. The molecule has 18 nitrogen and oxygen atoms in total. The molecule has 61 heavy (non-hydrogen) atoms. The minimum absolute atomic E-state index is 0.00272. The number of primary amides is 1. The molecule has 2 aromatic carbocycles. The van der Waals surface area contributed by atoms with Crippen molar-refractivity contribution in [3.63, 3.8) is 0 Å². The molecular formula is C41H55FN13O5P. The van der Waals surface area contributed by atoms with Crippen molar-refractivity contribution in [1.82, 2.24) is 35.2 Å². The Morgan fingerprint density at radius 2 is 1.62 bits per heavy atom. The maximum Gasteiger partial charge on any atom is 0.328 e. The highest BCUT2D eigenvalue weighted by atomic mass is 31.2. The van der Waals surface area contributed by atoms with Crippen molar-refractivity contribution < 1.29 is 28.1 Å². The lowest BCUT2D eigenvalue weighted by atomic mass is 9.95. The highest BCUT2D eigenvalue weighted by molar-refractivity contribution is 7.70. The quantitative estimate of drug-likeness (QED) is 0.239. The molecule has 6 heterocycles. The molecule has 8 rings (SSSR count). The Balaban J connectivity index is 0.847. The Hall–Kier alpha value is -5.55. The maximum atomic E-state index is 15.8. The van der Waals surface area contributed by atoms with E-state index in [9.17, 15) is 23.7 Å². The Kier molecular flexibility index (Phi) is 12.1. The highest BCUT2D eigenvalue weighted by Gasteiger charge is 2.36. The molecule has 5 aliphatic rings. The van der Waals surface area contributed by atoms with Crippen molar-refractivity contribution in [3.8, 4) is 0 Å². The number of likely N-dealkylation sites (N-methyl/N-ethyl adjacent to an activating group) is 1. The number of piperidine rings is 2. The predicted molar refractivity (Wildman–Crippen MR) is 233 cm³/mol. The highest BCUT2D eigenvalue weighted by Crippen LogP contribution is 2.41. The molecule has 326 valence electrons. The van der Waals surface area contributed by atoms with Gasteiger partial charge in [-0.05, 0) is 81.3 Å². The van der Waals surface area contributed by atoms with Gasteiger partial charge in [0, 0.05) is 114 Å². The lowest BCUT2D eigenvalue weighted by molar-refractivity contribution is -0.120. The number of piperazine rings is 1.